The van der Waals surface area contributed by atoms with Gasteiger partial charge in [0.15, 0.2) is 0 Å². The normalized spacial score (nSPS) is 11.7. The van der Waals surface area contributed by atoms with Crippen molar-refractivity contribution in [3.8, 4) is 0 Å². The summed E-state index contributed by atoms with van der Waals surface area (Å²) in [5, 5.41) is 4.23. The van der Waals surface area contributed by atoms with E-state index in [1.807, 2.05) is 6.92 Å². The van der Waals surface area contributed by atoms with Crippen molar-refractivity contribution < 1.29 is 0 Å². The molecule has 0 fully saturated rings. The van der Waals surface area contributed by atoms with Crippen molar-refractivity contribution in [2.45, 2.75) is 34.1 Å². The number of hydrogen-bond donors (Lipinski definition) is 1. The monoisotopic (exact) mass is 199 g/mol. The van der Waals surface area contributed by atoms with Crippen LogP contribution in [0.25, 0.3) is 0 Å². The Labute approximate surface area is 83.8 Å². The van der Waals surface area contributed by atoms with Crippen molar-refractivity contribution in [3.05, 3.63) is 5.82 Å². The standard InChI is InChI=1S/C9H17N3S/c1-5-9(3,4)6-10-8-11-7(2)12-13-8/h5-6H2,1-4H3,(H,10,11,12). The molecule has 0 unspecified atom stereocenters. The van der Waals surface area contributed by atoms with E-state index >= 15 is 0 Å². The van der Waals surface area contributed by atoms with E-state index in [1.54, 1.807) is 0 Å². The fourth-order valence-corrected chi connectivity index (χ4v) is 1.38. The molecule has 1 rings (SSSR count). The maximum absolute atomic E-state index is 4.24. The smallest absolute Gasteiger partial charge is 0.202 e. The van der Waals surface area contributed by atoms with Crippen LogP contribution >= 0.6 is 11.5 Å². The number of hydrogen-bond acceptors (Lipinski definition) is 4. The van der Waals surface area contributed by atoms with Crippen LogP contribution in [0.3, 0.4) is 0 Å². The van der Waals surface area contributed by atoms with Gasteiger partial charge in [-0.2, -0.15) is 4.37 Å². The van der Waals surface area contributed by atoms with E-state index in [2.05, 4.69) is 35.4 Å². The Balaban J connectivity index is 2.43. The molecule has 0 aliphatic carbocycles. The quantitative estimate of drug-likeness (QED) is 0.810. The van der Waals surface area contributed by atoms with Gasteiger partial charge < -0.3 is 5.32 Å². The first-order valence-corrected chi connectivity index (χ1v) is 5.35. The summed E-state index contributed by atoms with van der Waals surface area (Å²) >= 11 is 1.43. The lowest BCUT2D eigenvalue weighted by Gasteiger charge is -2.22. The Bertz CT molecular complexity index is 268. The van der Waals surface area contributed by atoms with E-state index in [1.165, 1.54) is 11.5 Å². The molecule has 13 heavy (non-hydrogen) atoms. The van der Waals surface area contributed by atoms with Crippen molar-refractivity contribution in [3.63, 3.8) is 0 Å². The number of aryl methyl sites for hydroxylation is 1. The summed E-state index contributed by atoms with van der Waals surface area (Å²) in [5.41, 5.74) is 0.333. The van der Waals surface area contributed by atoms with Gasteiger partial charge in [0.2, 0.25) is 5.13 Å². The van der Waals surface area contributed by atoms with Crippen molar-refractivity contribution in [2.75, 3.05) is 11.9 Å². The van der Waals surface area contributed by atoms with Gasteiger partial charge in [-0.3, -0.25) is 0 Å². The largest absolute Gasteiger partial charge is 0.360 e. The highest BCUT2D eigenvalue weighted by Crippen LogP contribution is 2.21. The molecule has 1 heterocycles. The third-order valence-electron chi connectivity index (χ3n) is 2.20. The molecular weight excluding hydrogens is 182 g/mol. The first-order chi connectivity index (χ1) is 6.03. The molecule has 3 nitrogen and oxygen atoms in total. The highest BCUT2D eigenvalue weighted by atomic mass is 32.1. The third kappa shape index (κ3) is 3.30. The van der Waals surface area contributed by atoms with Gasteiger partial charge in [0, 0.05) is 18.1 Å². The van der Waals surface area contributed by atoms with Gasteiger partial charge in [0.25, 0.3) is 0 Å². The second-order valence-electron chi connectivity index (χ2n) is 4.02. The second-order valence-corrected chi connectivity index (χ2v) is 4.77. The number of nitrogens with one attached hydrogen (secondary N) is 1. The molecule has 0 spiro atoms. The minimum atomic E-state index is 0.333. The molecular formula is C9H17N3S. The highest BCUT2D eigenvalue weighted by molar-refractivity contribution is 7.09. The molecule has 0 aliphatic heterocycles. The van der Waals surface area contributed by atoms with Gasteiger partial charge >= 0.3 is 0 Å². The lowest BCUT2D eigenvalue weighted by Crippen LogP contribution is -2.21. The SMILES string of the molecule is CCC(C)(C)CNc1nc(C)ns1. The Morgan fingerprint density at radius 1 is 1.46 bits per heavy atom. The number of nitrogens with zero attached hydrogens (tertiary/aromatic N) is 2. The van der Waals surface area contributed by atoms with Crippen LogP contribution in [0, 0.1) is 12.3 Å². The van der Waals surface area contributed by atoms with E-state index in [0.29, 0.717) is 5.41 Å². The molecule has 1 aromatic rings. The Kier molecular flexibility index (Phi) is 3.25. The molecule has 0 saturated carbocycles. The molecule has 0 aliphatic rings. The Morgan fingerprint density at radius 3 is 2.62 bits per heavy atom. The van der Waals surface area contributed by atoms with E-state index < -0.39 is 0 Å². The van der Waals surface area contributed by atoms with E-state index in [9.17, 15) is 0 Å². The number of aromatic nitrogens is 2. The molecule has 0 amide bonds. The van der Waals surface area contributed by atoms with E-state index in [0.717, 1.165) is 23.9 Å². The van der Waals surface area contributed by atoms with Crippen molar-refractivity contribution in [1.82, 2.24) is 9.36 Å². The molecule has 0 atom stereocenters. The van der Waals surface area contributed by atoms with Crippen molar-refractivity contribution in [1.29, 1.82) is 0 Å². The number of anilines is 1. The van der Waals surface area contributed by atoms with E-state index in [-0.39, 0.29) is 0 Å². The summed E-state index contributed by atoms with van der Waals surface area (Å²) in [7, 11) is 0. The first-order valence-electron chi connectivity index (χ1n) is 4.58. The summed E-state index contributed by atoms with van der Waals surface area (Å²) in [4.78, 5) is 4.24. The lowest BCUT2D eigenvalue weighted by atomic mass is 9.90. The maximum Gasteiger partial charge on any atom is 0.202 e. The van der Waals surface area contributed by atoms with E-state index in [4.69, 9.17) is 0 Å². The zero-order valence-electron chi connectivity index (χ0n) is 8.72. The zero-order valence-corrected chi connectivity index (χ0v) is 9.53. The molecule has 0 bridgehead atoms. The summed E-state index contributed by atoms with van der Waals surface area (Å²) in [6, 6.07) is 0. The predicted octanol–water partition coefficient (Wildman–Crippen LogP) is 2.69. The third-order valence-corrected chi connectivity index (χ3v) is 2.97. The van der Waals surface area contributed by atoms with Gasteiger partial charge in [-0.1, -0.05) is 20.8 Å². The van der Waals surface area contributed by atoms with Crippen LogP contribution < -0.4 is 5.32 Å². The molecule has 4 heteroatoms. The average Bonchev–Trinajstić information content (AvgIpc) is 2.48. The molecule has 0 radical (unpaired) electrons. The van der Waals surface area contributed by atoms with Crippen LogP contribution in [0.15, 0.2) is 0 Å². The van der Waals surface area contributed by atoms with Gasteiger partial charge in [0.1, 0.15) is 5.82 Å². The summed E-state index contributed by atoms with van der Waals surface area (Å²) in [6.45, 7) is 9.56. The van der Waals surface area contributed by atoms with Crippen molar-refractivity contribution in [2.24, 2.45) is 5.41 Å². The summed E-state index contributed by atoms with van der Waals surface area (Å²) in [5.74, 6) is 0.849. The topological polar surface area (TPSA) is 37.8 Å². The highest BCUT2D eigenvalue weighted by Gasteiger charge is 2.15. The molecule has 0 aromatic carbocycles. The maximum atomic E-state index is 4.24. The predicted molar refractivity (Wildman–Crippen MR) is 57.2 cm³/mol. The summed E-state index contributed by atoms with van der Waals surface area (Å²) < 4.78 is 4.11. The van der Waals surface area contributed by atoms with Crippen LogP contribution in [0.4, 0.5) is 5.13 Å². The molecule has 74 valence electrons. The Hall–Kier alpha value is -0.640. The molecule has 0 saturated heterocycles. The minimum absolute atomic E-state index is 0.333. The molecule has 1 aromatic heterocycles. The summed E-state index contributed by atoms with van der Waals surface area (Å²) in [6.07, 6.45) is 1.16. The second kappa shape index (κ2) is 4.05. The molecule has 1 N–H and O–H groups in total. The lowest BCUT2D eigenvalue weighted by molar-refractivity contribution is 0.377. The fraction of sp³-hybridized carbons (Fsp3) is 0.778. The van der Waals surface area contributed by atoms with Crippen LogP contribution in [0.5, 0.6) is 0 Å². The number of rotatable bonds is 4. The van der Waals surface area contributed by atoms with Gasteiger partial charge in [-0.15, -0.1) is 0 Å². The van der Waals surface area contributed by atoms with Crippen LogP contribution in [0.2, 0.25) is 0 Å². The Morgan fingerprint density at radius 2 is 2.15 bits per heavy atom. The average molecular weight is 199 g/mol. The minimum Gasteiger partial charge on any atom is -0.360 e. The van der Waals surface area contributed by atoms with Crippen LogP contribution in [-0.4, -0.2) is 15.9 Å². The van der Waals surface area contributed by atoms with Crippen LogP contribution in [0.1, 0.15) is 33.0 Å². The first kappa shape index (κ1) is 10.4. The van der Waals surface area contributed by atoms with Crippen LogP contribution in [-0.2, 0) is 0 Å². The zero-order chi connectivity index (χ0) is 9.90. The van der Waals surface area contributed by atoms with Crippen molar-refractivity contribution >= 4 is 16.7 Å². The van der Waals surface area contributed by atoms with Gasteiger partial charge in [0.05, 0.1) is 0 Å². The van der Waals surface area contributed by atoms with Gasteiger partial charge in [-0.25, -0.2) is 4.98 Å². The van der Waals surface area contributed by atoms with Gasteiger partial charge in [-0.05, 0) is 18.8 Å². The fourth-order valence-electron chi connectivity index (χ4n) is 0.809.